The molecule has 6 heteroatoms. The average Bonchev–Trinajstić information content (AvgIpc) is 2.29. The first-order chi connectivity index (χ1) is 7.82. The summed E-state index contributed by atoms with van der Waals surface area (Å²) in [4.78, 5) is 0.168. The van der Waals surface area contributed by atoms with Crippen molar-refractivity contribution < 1.29 is 8.42 Å². The van der Waals surface area contributed by atoms with Crippen LogP contribution in [-0.4, -0.2) is 19.8 Å². The molecule has 0 heterocycles. The molecule has 17 heavy (non-hydrogen) atoms. The van der Waals surface area contributed by atoms with Crippen molar-refractivity contribution in [2.75, 3.05) is 0 Å². The molecule has 0 bridgehead atoms. The first kappa shape index (κ1) is 13.7. The monoisotopic (exact) mass is 255 g/mol. The molecule has 0 aromatic heterocycles. The van der Waals surface area contributed by atoms with Gasteiger partial charge in [-0.25, -0.2) is 8.42 Å². The van der Waals surface area contributed by atoms with Crippen molar-refractivity contribution in [2.45, 2.75) is 30.7 Å². The molecule has 1 rings (SSSR count). The third-order valence-corrected chi connectivity index (χ3v) is 4.33. The second kappa shape index (κ2) is 4.85. The van der Waals surface area contributed by atoms with Crippen molar-refractivity contribution in [3.8, 4) is 0 Å². The molecule has 0 spiro atoms. The summed E-state index contributed by atoms with van der Waals surface area (Å²) in [5, 5.41) is 7.44. The molecule has 1 aromatic rings. The first-order valence-electron chi connectivity index (χ1n) is 5.25. The van der Waals surface area contributed by atoms with Gasteiger partial charge >= 0.3 is 0 Å². The largest absolute Gasteiger partial charge is 0.386 e. The van der Waals surface area contributed by atoms with E-state index < -0.39 is 15.6 Å². The predicted octanol–water partition coefficient (Wildman–Crippen LogP) is 1.07. The maximum Gasteiger partial charge on any atom is 0.241 e. The van der Waals surface area contributed by atoms with Crippen LogP contribution in [0.15, 0.2) is 35.2 Å². The number of amidine groups is 1. The summed E-state index contributed by atoms with van der Waals surface area (Å²) in [7, 11) is -3.65. The van der Waals surface area contributed by atoms with Gasteiger partial charge in [0.05, 0.1) is 10.4 Å². The SMILES string of the molecule is CCC(C)(NS(=O)(=O)c1ccccc1)C(=N)N. The van der Waals surface area contributed by atoms with Gasteiger partial charge in [-0.1, -0.05) is 25.1 Å². The molecule has 0 saturated carbocycles. The van der Waals surface area contributed by atoms with Crippen LogP contribution in [0.2, 0.25) is 0 Å². The van der Waals surface area contributed by atoms with Gasteiger partial charge in [0.1, 0.15) is 5.84 Å². The molecule has 0 saturated heterocycles. The van der Waals surface area contributed by atoms with E-state index in [0.29, 0.717) is 6.42 Å². The van der Waals surface area contributed by atoms with Crippen molar-refractivity contribution in [1.82, 2.24) is 4.72 Å². The normalized spacial score (nSPS) is 15.2. The standard InChI is InChI=1S/C11H17N3O2S/c1-3-11(2,10(12)13)14-17(15,16)9-7-5-4-6-8-9/h4-8,14H,3H2,1-2H3,(H3,12,13). The fourth-order valence-corrected chi connectivity index (χ4v) is 2.75. The number of nitrogens with two attached hydrogens (primary N) is 1. The predicted molar refractivity (Wildman–Crippen MR) is 67.4 cm³/mol. The highest BCUT2D eigenvalue weighted by atomic mass is 32.2. The Morgan fingerprint density at radius 1 is 1.41 bits per heavy atom. The van der Waals surface area contributed by atoms with Crippen molar-refractivity contribution in [3.63, 3.8) is 0 Å². The van der Waals surface area contributed by atoms with E-state index in [1.165, 1.54) is 12.1 Å². The smallest absolute Gasteiger partial charge is 0.241 e. The van der Waals surface area contributed by atoms with Crippen LogP contribution in [0.4, 0.5) is 0 Å². The zero-order valence-electron chi connectivity index (χ0n) is 9.90. The number of hydrogen-bond donors (Lipinski definition) is 3. The number of benzene rings is 1. The third-order valence-electron chi connectivity index (χ3n) is 2.71. The maximum atomic E-state index is 12.0. The van der Waals surface area contributed by atoms with E-state index in [1.54, 1.807) is 32.0 Å². The summed E-state index contributed by atoms with van der Waals surface area (Å²) in [6, 6.07) is 8.03. The van der Waals surface area contributed by atoms with E-state index >= 15 is 0 Å². The van der Waals surface area contributed by atoms with Crippen LogP contribution in [0.1, 0.15) is 20.3 Å². The minimum atomic E-state index is -3.65. The third kappa shape index (κ3) is 3.04. The average molecular weight is 255 g/mol. The fourth-order valence-electron chi connectivity index (χ4n) is 1.27. The van der Waals surface area contributed by atoms with Gasteiger partial charge < -0.3 is 5.73 Å². The number of nitrogens with one attached hydrogen (secondary N) is 2. The number of hydrogen-bond acceptors (Lipinski definition) is 3. The minimum absolute atomic E-state index is 0.168. The molecular formula is C11H17N3O2S. The van der Waals surface area contributed by atoms with E-state index in [0.717, 1.165) is 0 Å². The maximum absolute atomic E-state index is 12.0. The first-order valence-corrected chi connectivity index (χ1v) is 6.73. The van der Waals surface area contributed by atoms with E-state index in [-0.39, 0.29) is 10.7 Å². The molecule has 1 unspecified atom stereocenters. The van der Waals surface area contributed by atoms with Gasteiger partial charge in [-0.2, -0.15) is 4.72 Å². The molecule has 0 aliphatic rings. The van der Waals surface area contributed by atoms with Crippen molar-refractivity contribution in [3.05, 3.63) is 30.3 Å². The molecule has 5 nitrogen and oxygen atoms in total. The molecule has 0 aliphatic carbocycles. The molecule has 0 aliphatic heterocycles. The quantitative estimate of drug-likeness (QED) is 0.542. The van der Waals surface area contributed by atoms with Crippen LogP contribution in [-0.2, 0) is 10.0 Å². The Bertz CT molecular complexity index is 499. The van der Waals surface area contributed by atoms with Gasteiger partial charge in [-0.3, -0.25) is 5.41 Å². The summed E-state index contributed by atoms with van der Waals surface area (Å²) < 4.78 is 26.6. The lowest BCUT2D eigenvalue weighted by Crippen LogP contribution is -2.54. The summed E-state index contributed by atoms with van der Waals surface area (Å²) in [6.45, 7) is 3.37. The highest BCUT2D eigenvalue weighted by Gasteiger charge is 2.31. The van der Waals surface area contributed by atoms with Gasteiger partial charge in [0.2, 0.25) is 10.0 Å². The molecule has 1 atom stereocenters. The van der Waals surface area contributed by atoms with Gasteiger partial charge in [0.25, 0.3) is 0 Å². The molecular weight excluding hydrogens is 238 g/mol. The van der Waals surface area contributed by atoms with E-state index in [1.807, 2.05) is 0 Å². The molecule has 0 radical (unpaired) electrons. The Balaban J connectivity index is 3.07. The Morgan fingerprint density at radius 2 is 1.94 bits per heavy atom. The van der Waals surface area contributed by atoms with Crippen molar-refractivity contribution in [1.29, 1.82) is 5.41 Å². The zero-order valence-corrected chi connectivity index (χ0v) is 10.7. The van der Waals surface area contributed by atoms with Crippen LogP contribution in [0.5, 0.6) is 0 Å². The fraction of sp³-hybridized carbons (Fsp3) is 0.364. The lowest BCUT2D eigenvalue weighted by Gasteiger charge is -2.27. The second-order valence-corrected chi connectivity index (χ2v) is 5.70. The molecule has 1 aromatic carbocycles. The lowest BCUT2D eigenvalue weighted by atomic mass is 10.00. The van der Waals surface area contributed by atoms with Crippen LogP contribution < -0.4 is 10.5 Å². The lowest BCUT2D eigenvalue weighted by molar-refractivity contribution is 0.505. The Morgan fingerprint density at radius 3 is 2.35 bits per heavy atom. The zero-order chi connectivity index (χ0) is 13.1. The summed E-state index contributed by atoms with van der Waals surface area (Å²) in [5.74, 6) is -0.195. The van der Waals surface area contributed by atoms with E-state index in [2.05, 4.69) is 4.72 Å². The molecule has 4 N–H and O–H groups in total. The Kier molecular flexibility index (Phi) is 3.90. The van der Waals surface area contributed by atoms with Crippen LogP contribution in [0, 0.1) is 5.41 Å². The highest BCUT2D eigenvalue weighted by Crippen LogP contribution is 2.15. The summed E-state index contributed by atoms with van der Waals surface area (Å²) in [5.41, 5.74) is 4.38. The van der Waals surface area contributed by atoms with Crippen molar-refractivity contribution >= 4 is 15.9 Å². The van der Waals surface area contributed by atoms with Crippen LogP contribution >= 0.6 is 0 Å². The van der Waals surface area contributed by atoms with E-state index in [4.69, 9.17) is 11.1 Å². The number of rotatable bonds is 5. The van der Waals surface area contributed by atoms with Crippen LogP contribution in [0.25, 0.3) is 0 Å². The molecule has 94 valence electrons. The second-order valence-electron chi connectivity index (χ2n) is 4.02. The van der Waals surface area contributed by atoms with Gasteiger partial charge in [-0.15, -0.1) is 0 Å². The molecule has 0 fully saturated rings. The van der Waals surface area contributed by atoms with Gasteiger partial charge in [0.15, 0.2) is 0 Å². The minimum Gasteiger partial charge on any atom is -0.386 e. The van der Waals surface area contributed by atoms with Gasteiger partial charge in [-0.05, 0) is 25.5 Å². The Labute approximate surface area is 102 Å². The van der Waals surface area contributed by atoms with Crippen LogP contribution in [0.3, 0.4) is 0 Å². The Hall–Kier alpha value is -1.40. The molecule has 0 amide bonds. The van der Waals surface area contributed by atoms with Crippen molar-refractivity contribution in [2.24, 2.45) is 5.73 Å². The van der Waals surface area contributed by atoms with E-state index in [9.17, 15) is 8.42 Å². The topological polar surface area (TPSA) is 96.0 Å². The summed E-state index contributed by atoms with van der Waals surface area (Å²) in [6.07, 6.45) is 0.411. The number of sulfonamides is 1. The highest BCUT2D eigenvalue weighted by molar-refractivity contribution is 7.89. The van der Waals surface area contributed by atoms with Gasteiger partial charge in [0, 0.05) is 0 Å². The summed E-state index contributed by atoms with van der Waals surface area (Å²) >= 11 is 0.